The first-order valence-corrected chi connectivity index (χ1v) is 7.37. The van der Waals surface area contributed by atoms with Crippen molar-refractivity contribution in [2.45, 2.75) is 18.8 Å². The Morgan fingerprint density at radius 3 is 2.65 bits per heavy atom. The molecule has 0 aliphatic heterocycles. The molecule has 0 spiro atoms. The van der Waals surface area contributed by atoms with E-state index in [0.717, 1.165) is 21.2 Å². The minimum Gasteiger partial charge on any atom is -0.395 e. The van der Waals surface area contributed by atoms with E-state index in [1.54, 1.807) is 6.20 Å². The average molecular weight is 335 g/mol. The number of benzene rings is 1. The van der Waals surface area contributed by atoms with E-state index in [0.29, 0.717) is 13.0 Å². The molecule has 0 bridgehead atoms. The molecule has 1 aromatic carbocycles. The van der Waals surface area contributed by atoms with Crippen LogP contribution in [0.25, 0.3) is 0 Å². The van der Waals surface area contributed by atoms with Crippen molar-refractivity contribution in [3.8, 4) is 0 Å². The molecule has 0 saturated heterocycles. The van der Waals surface area contributed by atoms with Gasteiger partial charge in [-0.3, -0.25) is 4.98 Å². The second kappa shape index (κ2) is 6.48. The topological polar surface area (TPSA) is 59.1 Å². The number of rotatable bonds is 5. The normalized spacial score (nSPS) is 14.0. The van der Waals surface area contributed by atoms with E-state index in [1.165, 1.54) is 0 Å². The van der Waals surface area contributed by atoms with Gasteiger partial charge in [0.1, 0.15) is 0 Å². The van der Waals surface area contributed by atoms with Crippen molar-refractivity contribution < 1.29 is 5.11 Å². The molecular weight excluding hydrogens is 316 g/mol. The van der Waals surface area contributed by atoms with E-state index in [2.05, 4.69) is 33.9 Å². The van der Waals surface area contributed by atoms with Crippen LogP contribution < -0.4 is 5.73 Å². The molecule has 0 saturated carbocycles. The standard InChI is InChI=1S/C16H19BrN2O/c1-12-4-2-3-5-15(12)16(10-18,11-20)7-13-6-14(17)9-19-8-13/h2-6,8-9,20H,7,10-11,18H2,1H3. The van der Waals surface area contributed by atoms with Crippen LogP contribution in [0.2, 0.25) is 0 Å². The maximum absolute atomic E-state index is 9.97. The van der Waals surface area contributed by atoms with Crippen molar-refractivity contribution >= 4 is 15.9 Å². The smallest absolute Gasteiger partial charge is 0.0543 e. The van der Waals surface area contributed by atoms with Crippen molar-refractivity contribution in [1.29, 1.82) is 0 Å². The second-order valence-electron chi connectivity index (χ2n) is 5.15. The van der Waals surface area contributed by atoms with Crippen LogP contribution in [0.1, 0.15) is 16.7 Å². The fourth-order valence-corrected chi connectivity index (χ4v) is 3.01. The third-order valence-electron chi connectivity index (χ3n) is 3.71. The van der Waals surface area contributed by atoms with E-state index in [4.69, 9.17) is 5.73 Å². The van der Waals surface area contributed by atoms with E-state index in [-0.39, 0.29) is 6.61 Å². The van der Waals surface area contributed by atoms with Gasteiger partial charge >= 0.3 is 0 Å². The summed E-state index contributed by atoms with van der Waals surface area (Å²) in [5.41, 5.74) is 8.86. The fourth-order valence-electron chi connectivity index (χ4n) is 2.59. The van der Waals surface area contributed by atoms with Crippen molar-refractivity contribution in [1.82, 2.24) is 4.98 Å². The van der Waals surface area contributed by atoms with Gasteiger partial charge in [-0.1, -0.05) is 24.3 Å². The van der Waals surface area contributed by atoms with Gasteiger partial charge < -0.3 is 10.8 Å². The summed E-state index contributed by atoms with van der Waals surface area (Å²) in [6.07, 6.45) is 4.24. The quantitative estimate of drug-likeness (QED) is 0.883. The summed E-state index contributed by atoms with van der Waals surface area (Å²) in [4.78, 5) is 4.18. The van der Waals surface area contributed by atoms with Gasteiger partial charge in [0.25, 0.3) is 0 Å². The Bertz CT molecular complexity index is 582. The van der Waals surface area contributed by atoms with Crippen LogP contribution in [0.5, 0.6) is 0 Å². The minimum atomic E-state index is -0.464. The lowest BCUT2D eigenvalue weighted by atomic mass is 9.74. The van der Waals surface area contributed by atoms with Crippen LogP contribution in [0.3, 0.4) is 0 Å². The molecule has 2 rings (SSSR count). The lowest BCUT2D eigenvalue weighted by Crippen LogP contribution is -2.41. The van der Waals surface area contributed by atoms with Gasteiger partial charge in [-0.25, -0.2) is 0 Å². The highest BCUT2D eigenvalue weighted by atomic mass is 79.9. The lowest BCUT2D eigenvalue weighted by molar-refractivity contribution is 0.195. The molecule has 0 aliphatic carbocycles. The van der Waals surface area contributed by atoms with Gasteiger partial charge in [-0.05, 0) is 52.0 Å². The van der Waals surface area contributed by atoms with E-state index in [1.807, 2.05) is 30.5 Å². The predicted octanol–water partition coefficient (Wildman–Crippen LogP) is 2.58. The Morgan fingerprint density at radius 1 is 1.30 bits per heavy atom. The molecule has 1 heterocycles. The van der Waals surface area contributed by atoms with Gasteiger partial charge in [0.05, 0.1) is 6.61 Å². The van der Waals surface area contributed by atoms with Gasteiger partial charge in [0, 0.05) is 28.8 Å². The Balaban J connectivity index is 2.42. The number of nitrogens with two attached hydrogens (primary N) is 1. The summed E-state index contributed by atoms with van der Waals surface area (Å²) in [5, 5.41) is 9.97. The summed E-state index contributed by atoms with van der Waals surface area (Å²) in [6, 6.07) is 10.1. The monoisotopic (exact) mass is 334 g/mol. The summed E-state index contributed by atoms with van der Waals surface area (Å²) in [7, 11) is 0. The predicted molar refractivity (Wildman–Crippen MR) is 84.6 cm³/mol. The summed E-state index contributed by atoms with van der Waals surface area (Å²) in [5.74, 6) is 0. The summed E-state index contributed by atoms with van der Waals surface area (Å²) >= 11 is 3.43. The van der Waals surface area contributed by atoms with Gasteiger partial charge in [0.2, 0.25) is 0 Å². The third-order valence-corrected chi connectivity index (χ3v) is 4.15. The summed E-state index contributed by atoms with van der Waals surface area (Å²) < 4.78 is 0.934. The van der Waals surface area contributed by atoms with E-state index >= 15 is 0 Å². The molecular formula is C16H19BrN2O. The molecule has 0 radical (unpaired) electrons. The van der Waals surface area contributed by atoms with Crippen LogP contribution in [-0.2, 0) is 11.8 Å². The largest absolute Gasteiger partial charge is 0.395 e. The minimum absolute atomic E-state index is 0.0147. The maximum Gasteiger partial charge on any atom is 0.0543 e. The second-order valence-corrected chi connectivity index (χ2v) is 6.06. The maximum atomic E-state index is 9.97. The zero-order valence-corrected chi connectivity index (χ0v) is 13.1. The van der Waals surface area contributed by atoms with Crippen molar-refractivity contribution in [3.05, 3.63) is 63.9 Å². The van der Waals surface area contributed by atoms with Gasteiger partial charge in [-0.2, -0.15) is 0 Å². The molecule has 106 valence electrons. The molecule has 0 amide bonds. The van der Waals surface area contributed by atoms with Gasteiger partial charge in [-0.15, -0.1) is 0 Å². The molecule has 20 heavy (non-hydrogen) atoms. The van der Waals surface area contributed by atoms with Crippen molar-refractivity contribution in [2.75, 3.05) is 13.2 Å². The highest BCUT2D eigenvalue weighted by Crippen LogP contribution is 2.30. The number of hydrogen-bond donors (Lipinski definition) is 2. The number of aliphatic hydroxyl groups is 1. The molecule has 1 atom stereocenters. The van der Waals surface area contributed by atoms with Crippen LogP contribution in [-0.4, -0.2) is 23.2 Å². The molecule has 4 heteroatoms. The molecule has 1 unspecified atom stereocenters. The Kier molecular flexibility index (Phi) is 4.91. The van der Waals surface area contributed by atoms with Crippen LogP contribution >= 0.6 is 15.9 Å². The van der Waals surface area contributed by atoms with E-state index in [9.17, 15) is 5.11 Å². The van der Waals surface area contributed by atoms with Gasteiger partial charge in [0.15, 0.2) is 0 Å². The number of pyridine rings is 1. The number of aryl methyl sites for hydroxylation is 1. The Labute approximate surface area is 128 Å². The molecule has 2 aromatic rings. The van der Waals surface area contributed by atoms with Crippen LogP contribution in [0, 0.1) is 6.92 Å². The Morgan fingerprint density at radius 2 is 2.05 bits per heavy atom. The molecule has 3 nitrogen and oxygen atoms in total. The summed E-state index contributed by atoms with van der Waals surface area (Å²) in [6.45, 7) is 2.45. The first-order valence-electron chi connectivity index (χ1n) is 6.58. The Hall–Kier alpha value is -1.23. The van der Waals surface area contributed by atoms with Crippen molar-refractivity contribution in [3.63, 3.8) is 0 Å². The van der Waals surface area contributed by atoms with Crippen LogP contribution in [0.4, 0.5) is 0 Å². The SMILES string of the molecule is Cc1ccccc1C(CN)(CO)Cc1cncc(Br)c1. The first-order chi connectivity index (χ1) is 9.61. The molecule has 3 N–H and O–H groups in total. The number of hydrogen-bond acceptors (Lipinski definition) is 3. The zero-order valence-electron chi connectivity index (χ0n) is 11.5. The molecule has 0 fully saturated rings. The van der Waals surface area contributed by atoms with Crippen LogP contribution in [0.15, 0.2) is 47.2 Å². The molecule has 0 aliphatic rings. The number of aromatic nitrogens is 1. The average Bonchev–Trinajstić information content (AvgIpc) is 2.46. The number of nitrogens with zero attached hydrogens (tertiary/aromatic N) is 1. The number of aliphatic hydroxyl groups excluding tert-OH is 1. The fraction of sp³-hybridized carbons (Fsp3) is 0.312. The highest BCUT2D eigenvalue weighted by Gasteiger charge is 2.31. The first kappa shape index (κ1) is 15.2. The highest BCUT2D eigenvalue weighted by molar-refractivity contribution is 9.10. The van der Waals surface area contributed by atoms with E-state index < -0.39 is 5.41 Å². The molecule has 1 aromatic heterocycles. The lowest BCUT2D eigenvalue weighted by Gasteiger charge is -2.32. The third kappa shape index (κ3) is 3.08. The zero-order chi connectivity index (χ0) is 14.6. The van der Waals surface area contributed by atoms with Crippen molar-refractivity contribution in [2.24, 2.45) is 5.73 Å². The number of halogens is 1.